The molecule has 17 heavy (non-hydrogen) atoms. The molecule has 1 aromatic heterocycles. The van der Waals surface area contributed by atoms with Crippen LogP contribution in [0.25, 0.3) is 0 Å². The van der Waals surface area contributed by atoms with Crippen molar-refractivity contribution in [1.82, 2.24) is 4.98 Å². The van der Waals surface area contributed by atoms with Crippen LogP contribution in [0.2, 0.25) is 0 Å². The molecule has 0 saturated heterocycles. The van der Waals surface area contributed by atoms with Crippen molar-refractivity contribution in [3.8, 4) is 0 Å². The molecule has 0 spiro atoms. The van der Waals surface area contributed by atoms with E-state index in [0.717, 1.165) is 0 Å². The maximum absolute atomic E-state index is 12.3. The number of nitrogens with zero attached hydrogens (tertiary/aromatic N) is 2. The number of hydrogen-bond donors (Lipinski definition) is 0. The predicted molar refractivity (Wildman–Crippen MR) is 48.6 cm³/mol. The summed E-state index contributed by atoms with van der Waals surface area (Å²) in [6.45, 7) is 0. The highest BCUT2D eigenvalue weighted by Gasteiger charge is 2.40. The predicted octanol–water partition coefficient (Wildman–Crippen LogP) is 3.71. The molecule has 0 radical (unpaired) electrons. The average molecular weight is 321 g/mol. The van der Waals surface area contributed by atoms with Gasteiger partial charge in [0.1, 0.15) is 10.0 Å². The van der Waals surface area contributed by atoms with Crippen LogP contribution >= 0.6 is 15.9 Å². The van der Waals surface area contributed by atoms with E-state index in [-0.39, 0.29) is 6.20 Å². The fourth-order valence-corrected chi connectivity index (χ4v) is 1.73. The van der Waals surface area contributed by atoms with Gasteiger partial charge in [0, 0.05) is 6.20 Å². The summed E-state index contributed by atoms with van der Waals surface area (Å²) in [6.07, 6.45) is -8.11. The molecule has 4 nitrogen and oxygen atoms in total. The van der Waals surface area contributed by atoms with Gasteiger partial charge >= 0.3 is 6.18 Å². The molecule has 1 heterocycles. The number of halogens is 6. The lowest BCUT2D eigenvalue weighted by Gasteiger charge is -2.10. The largest absolute Gasteiger partial charge is 0.434 e. The molecule has 0 aliphatic rings. The molecule has 0 atom stereocenters. The third-order valence-corrected chi connectivity index (χ3v) is 2.46. The minimum absolute atomic E-state index is 0.149. The molecule has 0 saturated carbocycles. The second-order valence-electron chi connectivity index (χ2n) is 2.78. The lowest BCUT2D eigenvalue weighted by molar-refractivity contribution is -0.387. The summed E-state index contributed by atoms with van der Waals surface area (Å²) in [7, 11) is 0. The Balaban J connectivity index is 3.56. The Morgan fingerprint density at radius 1 is 1.41 bits per heavy atom. The molecule has 0 aliphatic heterocycles. The molecular weight excluding hydrogens is 319 g/mol. The summed E-state index contributed by atoms with van der Waals surface area (Å²) in [4.78, 5) is 11.9. The second-order valence-corrected chi connectivity index (χ2v) is 3.57. The number of rotatable bonds is 2. The van der Waals surface area contributed by atoms with E-state index in [9.17, 15) is 32.1 Å². The Morgan fingerprint density at radius 2 is 1.94 bits per heavy atom. The van der Waals surface area contributed by atoms with E-state index in [4.69, 9.17) is 0 Å². The van der Waals surface area contributed by atoms with Crippen LogP contribution in [0.1, 0.15) is 17.7 Å². The number of nitro groups is 1. The summed E-state index contributed by atoms with van der Waals surface area (Å²) < 4.78 is 60.6. The summed E-state index contributed by atoms with van der Waals surface area (Å²) >= 11 is 2.28. The van der Waals surface area contributed by atoms with Gasteiger partial charge in [0.05, 0.1) is 4.92 Å². The molecule has 10 heteroatoms. The maximum Gasteiger partial charge on any atom is 0.434 e. The highest BCUT2D eigenvalue weighted by Crippen LogP contribution is 2.41. The van der Waals surface area contributed by atoms with Crippen LogP contribution < -0.4 is 0 Å². The van der Waals surface area contributed by atoms with Crippen LogP contribution in [0.4, 0.5) is 27.6 Å². The molecule has 1 aromatic rings. The first-order valence-corrected chi connectivity index (χ1v) is 4.63. The third-order valence-electron chi connectivity index (χ3n) is 1.71. The van der Waals surface area contributed by atoms with Gasteiger partial charge in [-0.3, -0.25) is 10.1 Å². The lowest BCUT2D eigenvalue weighted by Crippen LogP contribution is -2.12. The van der Waals surface area contributed by atoms with Gasteiger partial charge in [0.2, 0.25) is 0 Å². The van der Waals surface area contributed by atoms with Gasteiger partial charge in [-0.1, -0.05) is 0 Å². The zero-order valence-electron chi connectivity index (χ0n) is 7.63. The average Bonchev–Trinajstić information content (AvgIpc) is 2.13. The molecule has 1 rings (SSSR count). The molecule has 94 valence electrons. The normalized spacial score (nSPS) is 11.9. The van der Waals surface area contributed by atoms with Gasteiger partial charge in [-0.05, 0) is 15.9 Å². The number of aromatic nitrogens is 1. The van der Waals surface area contributed by atoms with Crippen LogP contribution in [-0.2, 0) is 6.18 Å². The number of alkyl halides is 5. The van der Waals surface area contributed by atoms with Crippen LogP contribution in [0.3, 0.4) is 0 Å². The minimum atomic E-state index is -4.97. The summed E-state index contributed by atoms with van der Waals surface area (Å²) in [5.74, 6) is 0. The van der Waals surface area contributed by atoms with Crippen molar-refractivity contribution in [3.05, 3.63) is 32.0 Å². The molecule has 0 N–H and O–H groups in total. The van der Waals surface area contributed by atoms with Gasteiger partial charge < -0.3 is 0 Å². The zero-order chi connectivity index (χ0) is 13.4. The molecule has 0 fully saturated rings. The van der Waals surface area contributed by atoms with Gasteiger partial charge in [-0.15, -0.1) is 0 Å². The van der Waals surface area contributed by atoms with Crippen molar-refractivity contribution in [2.24, 2.45) is 0 Å². The smallest absolute Gasteiger partial charge is 0.258 e. The molecule has 0 aromatic carbocycles. The standard InChI is InChI=1S/C7H2BrF5N2O2/c8-3-4(15(16)17)2(6(9)10)1-14-5(3)7(11,12)13/h1,6H. The van der Waals surface area contributed by atoms with E-state index < -0.39 is 38.9 Å². The van der Waals surface area contributed by atoms with E-state index in [1.807, 2.05) is 0 Å². The maximum atomic E-state index is 12.3. The van der Waals surface area contributed by atoms with E-state index in [0.29, 0.717) is 0 Å². The van der Waals surface area contributed by atoms with Crippen molar-refractivity contribution in [3.63, 3.8) is 0 Å². The first kappa shape index (κ1) is 13.7. The summed E-state index contributed by atoms with van der Waals surface area (Å²) in [5, 5.41) is 10.5. The monoisotopic (exact) mass is 320 g/mol. The van der Waals surface area contributed by atoms with Crippen molar-refractivity contribution >= 4 is 21.6 Å². The van der Waals surface area contributed by atoms with E-state index in [1.165, 1.54) is 0 Å². The molecule has 0 bridgehead atoms. The topological polar surface area (TPSA) is 56.0 Å². The van der Waals surface area contributed by atoms with Crippen molar-refractivity contribution in [2.45, 2.75) is 12.6 Å². The fourth-order valence-electron chi connectivity index (χ4n) is 1.03. The Hall–Kier alpha value is -1.32. The van der Waals surface area contributed by atoms with Gasteiger partial charge in [-0.25, -0.2) is 13.8 Å². The van der Waals surface area contributed by atoms with Gasteiger partial charge in [0.25, 0.3) is 12.1 Å². The van der Waals surface area contributed by atoms with Gasteiger partial charge in [0.15, 0.2) is 5.69 Å². The highest BCUT2D eigenvalue weighted by molar-refractivity contribution is 9.10. The fraction of sp³-hybridized carbons (Fsp3) is 0.286. The molecule has 0 amide bonds. The Kier molecular flexibility index (Phi) is 3.65. The van der Waals surface area contributed by atoms with Crippen LogP contribution in [0.15, 0.2) is 10.7 Å². The van der Waals surface area contributed by atoms with E-state index in [1.54, 1.807) is 0 Å². The summed E-state index contributed by atoms with van der Waals surface area (Å²) in [5.41, 5.74) is -4.12. The Labute approximate surface area is 98.7 Å². The van der Waals surface area contributed by atoms with Crippen LogP contribution in [0.5, 0.6) is 0 Å². The van der Waals surface area contributed by atoms with E-state index in [2.05, 4.69) is 20.9 Å². The van der Waals surface area contributed by atoms with E-state index >= 15 is 0 Å². The molecule has 0 unspecified atom stereocenters. The SMILES string of the molecule is O=[N+]([O-])c1c(C(F)F)cnc(C(F)(F)F)c1Br. The molecule has 0 aliphatic carbocycles. The Bertz CT molecular complexity index is 462. The molecular formula is C7H2BrF5N2O2. The van der Waals surface area contributed by atoms with Crippen LogP contribution in [0, 0.1) is 10.1 Å². The van der Waals surface area contributed by atoms with Crippen molar-refractivity contribution in [1.29, 1.82) is 0 Å². The second kappa shape index (κ2) is 4.51. The summed E-state index contributed by atoms with van der Waals surface area (Å²) in [6, 6.07) is 0. The zero-order valence-corrected chi connectivity index (χ0v) is 9.22. The van der Waals surface area contributed by atoms with Crippen LogP contribution in [-0.4, -0.2) is 9.91 Å². The first-order valence-electron chi connectivity index (χ1n) is 3.84. The quantitative estimate of drug-likeness (QED) is 0.474. The number of hydrogen-bond acceptors (Lipinski definition) is 3. The van der Waals surface area contributed by atoms with Crippen molar-refractivity contribution in [2.75, 3.05) is 0 Å². The Morgan fingerprint density at radius 3 is 2.29 bits per heavy atom. The van der Waals surface area contributed by atoms with Gasteiger partial charge in [-0.2, -0.15) is 13.2 Å². The first-order chi connectivity index (χ1) is 7.66. The lowest BCUT2D eigenvalue weighted by atomic mass is 10.2. The highest BCUT2D eigenvalue weighted by atomic mass is 79.9. The van der Waals surface area contributed by atoms with Crippen molar-refractivity contribution < 1.29 is 26.9 Å². The minimum Gasteiger partial charge on any atom is -0.258 e. The number of pyridine rings is 1. The third kappa shape index (κ3) is 2.68.